The lowest BCUT2D eigenvalue weighted by Gasteiger charge is -2.32. The highest BCUT2D eigenvalue weighted by atomic mass is 32.1. The van der Waals surface area contributed by atoms with Gasteiger partial charge in [-0.1, -0.05) is 0 Å². The van der Waals surface area contributed by atoms with Crippen molar-refractivity contribution in [2.75, 3.05) is 13.1 Å². The lowest BCUT2D eigenvalue weighted by molar-refractivity contribution is 0.0686. The molecule has 23 heavy (non-hydrogen) atoms. The van der Waals surface area contributed by atoms with Crippen molar-refractivity contribution in [3.8, 4) is 0 Å². The van der Waals surface area contributed by atoms with Crippen LogP contribution in [0.5, 0.6) is 0 Å². The zero-order chi connectivity index (χ0) is 16.4. The molecule has 7 heteroatoms. The Morgan fingerprint density at radius 1 is 1.35 bits per heavy atom. The summed E-state index contributed by atoms with van der Waals surface area (Å²) in [6.45, 7) is 5.79. The number of likely N-dealkylation sites (tertiary alicyclic amines) is 1. The third-order valence-corrected chi connectivity index (χ3v) is 5.29. The number of hydrogen-bond donors (Lipinski definition) is 0. The second-order valence-electron chi connectivity index (χ2n) is 6.04. The van der Waals surface area contributed by atoms with E-state index in [0.29, 0.717) is 18.0 Å². The summed E-state index contributed by atoms with van der Waals surface area (Å²) >= 11 is 1.40. The highest BCUT2D eigenvalue weighted by Crippen LogP contribution is 2.22. The van der Waals surface area contributed by atoms with E-state index in [-0.39, 0.29) is 11.5 Å². The van der Waals surface area contributed by atoms with Crippen LogP contribution in [0, 0.1) is 19.8 Å². The smallest absolute Gasteiger partial charge is 0.265 e. The molecule has 0 radical (unpaired) electrons. The maximum Gasteiger partial charge on any atom is 0.265 e. The molecule has 3 rings (SSSR count). The van der Waals surface area contributed by atoms with Crippen LogP contribution in [0.4, 0.5) is 0 Å². The van der Waals surface area contributed by atoms with Crippen molar-refractivity contribution in [2.24, 2.45) is 5.92 Å². The van der Waals surface area contributed by atoms with Gasteiger partial charge in [0.15, 0.2) is 0 Å². The molecule has 0 aromatic carbocycles. The average molecular weight is 332 g/mol. The summed E-state index contributed by atoms with van der Waals surface area (Å²) in [5, 5.41) is 0. The molecule has 3 heterocycles. The molecule has 0 bridgehead atoms. The van der Waals surface area contributed by atoms with Crippen molar-refractivity contribution >= 4 is 17.2 Å². The molecular weight excluding hydrogens is 312 g/mol. The molecule has 6 nitrogen and oxygen atoms in total. The zero-order valence-corrected chi connectivity index (χ0v) is 14.2. The summed E-state index contributed by atoms with van der Waals surface area (Å²) in [7, 11) is 0. The third kappa shape index (κ3) is 3.34. The lowest BCUT2D eigenvalue weighted by Crippen LogP contribution is -2.40. The molecule has 0 spiro atoms. The molecular formula is C16H20N4O2S. The molecule has 1 saturated heterocycles. The number of piperidine rings is 1. The van der Waals surface area contributed by atoms with Crippen LogP contribution in [0.25, 0.3) is 0 Å². The number of carbonyl (C=O) groups is 1. The van der Waals surface area contributed by atoms with Gasteiger partial charge in [0.1, 0.15) is 4.88 Å². The van der Waals surface area contributed by atoms with Crippen LogP contribution in [-0.2, 0) is 6.54 Å². The molecule has 0 N–H and O–H groups in total. The summed E-state index contributed by atoms with van der Waals surface area (Å²) < 4.78 is 1.69. The number of amides is 1. The van der Waals surface area contributed by atoms with Crippen LogP contribution < -0.4 is 5.56 Å². The van der Waals surface area contributed by atoms with Crippen molar-refractivity contribution in [3.63, 3.8) is 0 Å². The predicted molar refractivity (Wildman–Crippen MR) is 88.7 cm³/mol. The summed E-state index contributed by atoms with van der Waals surface area (Å²) in [5.74, 6) is 0.487. The number of rotatable bonds is 3. The van der Waals surface area contributed by atoms with E-state index in [4.69, 9.17) is 0 Å². The first kappa shape index (κ1) is 15.9. The number of thiazole rings is 1. The SMILES string of the molecule is Cc1ncsc1C(=O)N1CCC(Cn2cncc(C)c2=O)CC1. The number of aryl methyl sites for hydroxylation is 2. The minimum absolute atomic E-state index is 0.0267. The Labute approximate surface area is 138 Å². The highest BCUT2D eigenvalue weighted by Gasteiger charge is 2.25. The van der Waals surface area contributed by atoms with E-state index >= 15 is 0 Å². The summed E-state index contributed by atoms with van der Waals surface area (Å²) in [5.41, 5.74) is 3.21. The Morgan fingerprint density at radius 2 is 2.09 bits per heavy atom. The largest absolute Gasteiger partial charge is 0.338 e. The van der Waals surface area contributed by atoms with Gasteiger partial charge in [-0.25, -0.2) is 9.97 Å². The second kappa shape index (κ2) is 6.62. The number of carbonyl (C=O) groups excluding carboxylic acids is 1. The minimum Gasteiger partial charge on any atom is -0.338 e. The van der Waals surface area contributed by atoms with Crippen molar-refractivity contribution in [1.29, 1.82) is 0 Å². The number of aromatic nitrogens is 3. The van der Waals surface area contributed by atoms with E-state index < -0.39 is 0 Å². The van der Waals surface area contributed by atoms with Gasteiger partial charge in [0.05, 0.1) is 17.5 Å². The second-order valence-corrected chi connectivity index (χ2v) is 6.89. The first-order valence-electron chi connectivity index (χ1n) is 7.76. The van der Waals surface area contributed by atoms with Gasteiger partial charge < -0.3 is 4.90 Å². The van der Waals surface area contributed by atoms with E-state index in [1.807, 2.05) is 11.8 Å². The zero-order valence-electron chi connectivity index (χ0n) is 13.4. The Hall–Kier alpha value is -2.02. The highest BCUT2D eigenvalue weighted by molar-refractivity contribution is 7.11. The molecule has 1 fully saturated rings. The van der Waals surface area contributed by atoms with Gasteiger partial charge in [0, 0.05) is 31.4 Å². The van der Waals surface area contributed by atoms with Gasteiger partial charge in [0.25, 0.3) is 11.5 Å². The van der Waals surface area contributed by atoms with Crippen LogP contribution in [0.2, 0.25) is 0 Å². The van der Waals surface area contributed by atoms with Gasteiger partial charge in [0.2, 0.25) is 0 Å². The molecule has 1 aliphatic heterocycles. The van der Waals surface area contributed by atoms with Crippen molar-refractivity contribution < 1.29 is 4.79 Å². The fourth-order valence-electron chi connectivity index (χ4n) is 2.94. The predicted octanol–water partition coefficient (Wildman–Crippen LogP) is 1.87. The summed E-state index contributed by atoms with van der Waals surface area (Å²) in [6.07, 6.45) is 5.01. The maximum atomic E-state index is 12.5. The van der Waals surface area contributed by atoms with Gasteiger partial charge >= 0.3 is 0 Å². The first-order chi connectivity index (χ1) is 11.1. The molecule has 0 aliphatic carbocycles. The van der Waals surface area contributed by atoms with Crippen LogP contribution in [0.1, 0.15) is 33.8 Å². The van der Waals surface area contributed by atoms with Crippen molar-refractivity contribution in [2.45, 2.75) is 33.2 Å². The van der Waals surface area contributed by atoms with Crippen molar-refractivity contribution in [3.05, 3.63) is 44.5 Å². The normalized spacial score (nSPS) is 15.8. The fourth-order valence-corrected chi connectivity index (χ4v) is 3.71. The van der Waals surface area contributed by atoms with Crippen LogP contribution >= 0.6 is 11.3 Å². The van der Waals surface area contributed by atoms with E-state index in [9.17, 15) is 9.59 Å². The van der Waals surface area contributed by atoms with E-state index in [0.717, 1.165) is 36.5 Å². The maximum absolute atomic E-state index is 12.5. The van der Waals surface area contributed by atoms with Crippen LogP contribution in [0.3, 0.4) is 0 Å². The van der Waals surface area contributed by atoms with Gasteiger partial charge in [-0.15, -0.1) is 11.3 Å². The standard InChI is InChI=1S/C16H20N4O2S/c1-11-7-17-9-20(15(11)21)8-13-3-5-19(6-4-13)16(22)14-12(2)18-10-23-14/h7,9-10,13H,3-6,8H2,1-2H3. The third-order valence-electron chi connectivity index (χ3n) is 4.37. The Kier molecular flexibility index (Phi) is 4.56. The number of hydrogen-bond acceptors (Lipinski definition) is 5. The van der Waals surface area contributed by atoms with Crippen LogP contribution in [0.15, 0.2) is 22.8 Å². The molecule has 1 aliphatic rings. The lowest BCUT2D eigenvalue weighted by atomic mass is 9.96. The Morgan fingerprint density at radius 3 is 2.74 bits per heavy atom. The average Bonchev–Trinajstić information content (AvgIpc) is 2.98. The van der Waals surface area contributed by atoms with Gasteiger partial charge in [-0.05, 0) is 32.6 Å². The monoisotopic (exact) mass is 332 g/mol. The first-order valence-corrected chi connectivity index (χ1v) is 8.64. The van der Waals surface area contributed by atoms with Gasteiger partial charge in [-0.3, -0.25) is 14.2 Å². The molecule has 0 saturated carbocycles. The van der Waals surface area contributed by atoms with E-state index in [1.165, 1.54) is 11.3 Å². The summed E-state index contributed by atoms with van der Waals surface area (Å²) in [4.78, 5) is 35.4. The van der Waals surface area contributed by atoms with E-state index in [2.05, 4.69) is 9.97 Å². The molecule has 122 valence electrons. The molecule has 0 unspecified atom stereocenters. The quantitative estimate of drug-likeness (QED) is 0.860. The fraction of sp³-hybridized carbons (Fsp3) is 0.500. The topological polar surface area (TPSA) is 68.1 Å². The minimum atomic E-state index is 0.0267. The molecule has 1 amide bonds. The molecule has 0 atom stereocenters. The number of nitrogens with zero attached hydrogens (tertiary/aromatic N) is 4. The molecule has 2 aromatic rings. The van der Waals surface area contributed by atoms with Gasteiger partial charge in [-0.2, -0.15) is 0 Å². The molecule has 2 aromatic heterocycles. The summed E-state index contributed by atoms with van der Waals surface area (Å²) in [6, 6.07) is 0. The Balaban J connectivity index is 1.60. The van der Waals surface area contributed by atoms with Crippen LogP contribution in [-0.4, -0.2) is 38.4 Å². The van der Waals surface area contributed by atoms with E-state index in [1.54, 1.807) is 29.5 Å². The Bertz CT molecular complexity index is 759. The van der Waals surface area contributed by atoms with Crippen molar-refractivity contribution in [1.82, 2.24) is 19.4 Å².